The third-order valence-corrected chi connectivity index (χ3v) is 4.29. The van der Waals surface area contributed by atoms with Crippen molar-refractivity contribution in [2.24, 2.45) is 0 Å². The van der Waals surface area contributed by atoms with E-state index >= 15 is 0 Å². The number of hydrogen-bond acceptors (Lipinski definition) is 3. The molecule has 1 aromatic heterocycles. The summed E-state index contributed by atoms with van der Waals surface area (Å²) in [5.41, 5.74) is -0.734. The van der Waals surface area contributed by atoms with Crippen LogP contribution >= 0.6 is 0 Å². The summed E-state index contributed by atoms with van der Waals surface area (Å²) in [6.07, 6.45) is -0.578. The van der Waals surface area contributed by atoms with E-state index in [1.54, 1.807) is 6.20 Å². The maximum absolute atomic E-state index is 13.5. The molecule has 0 bridgehead atoms. The summed E-state index contributed by atoms with van der Waals surface area (Å²) in [6.45, 7) is 3.41. The normalized spacial score (nSPS) is 21.0. The molecule has 25 heavy (non-hydrogen) atoms. The number of aryl methyl sites for hydroxylation is 1. The lowest BCUT2D eigenvalue weighted by atomic mass is 10.1. The Balaban J connectivity index is 1.72. The van der Waals surface area contributed by atoms with Crippen LogP contribution in [0.15, 0.2) is 30.6 Å². The van der Waals surface area contributed by atoms with E-state index in [2.05, 4.69) is 10.3 Å². The summed E-state index contributed by atoms with van der Waals surface area (Å²) in [6, 6.07) is 2.49. The molecule has 1 aliphatic heterocycles. The molecule has 1 fully saturated rings. The fourth-order valence-electron chi connectivity index (χ4n) is 3.06. The number of hydrogen-bond donors (Lipinski definition) is 1. The first-order valence-electron chi connectivity index (χ1n) is 8.11. The van der Waals surface area contributed by atoms with Gasteiger partial charge in [-0.3, -0.25) is 0 Å². The molecule has 1 N–H and O–H groups in total. The van der Waals surface area contributed by atoms with Gasteiger partial charge in [0.2, 0.25) is 0 Å². The van der Waals surface area contributed by atoms with Gasteiger partial charge in [0, 0.05) is 38.1 Å². The van der Waals surface area contributed by atoms with Crippen molar-refractivity contribution in [1.82, 2.24) is 14.9 Å². The van der Waals surface area contributed by atoms with Crippen LogP contribution in [0.1, 0.15) is 36.4 Å². The smallest absolute Gasteiger partial charge is 0.369 e. The average molecular weight is 357 g/mol. The third kappa shape index (κ3) is 4.01. The quantitative estimate of drug-likeness (QED) is 0.830. The number of benzene rings is 1. The van der Waals surface area contributed by atoms with E-state index in [9.17, 15) is 17.6 Å². The molecular formula is C17H19F4N3O. The van der Waals surface area contributed by atoms with Gasteiger partial charge in [0.15, 0.2) is 0 Å². The van der Waals surface area contributed by atoms with Crippen LogP contribution in [0, 0.1) is 5.82 Å². The Bertz CT molecular complexity index is 729. The molecule has 0 saturated carbocycles. The first-order chi connectivity index (χ1) is 11.9. The zero-order valence-corrected chi connectivity index (χ0v) is 13.7. The first kappa shape index (κ1) is 17.9. The van der Waals surface area contributed by atoms with Crippen LogP contribution in [0.25, 0.3) is 0 Å². The van der Waals surface area contributed by atoms with Gasteiger partial charge in [0.1, 0.15) is 17.7 Å². The Labute approximate surface area is 142 Å². The molecule has 136 valence electrons. The molecule has 0 aliphatic carbocycles. The lowest BCUT2D eigenvalue weighted by Gasteiger charge is -2.20. The van der Waals surface area contributed by atoms with Gasteiger partial charge >= 0.3 is 6.18 Å². The molecule has 0 amide bonds. The lowest BCUT2D eigenvalue weighted by Crippen LogP contribution is -2.32. The van der Waals surface area contributed by atoms with Crippen LogP contribution in [0.4, 0.5) is 17.6 Å². The molecule has 2 heterocycles. The van der Waals surface area contributed by atoms with Gasteiger partial charge in [-0.1, -0.05) is 0 Å². The monoisotopic (exact) mass is 357 g/mol. The van der Waals surface area contributed by atoms with E-state index in [0.29, 0.717) is 19.1 Å². The Morgan fingerprint density at radius 3 is 2.84 bits per heavy atom. The molecule has 2 aromatic rings. The van der Waals surface area contributed by atoms with Crippen molar-refractivity contribution in [3.63, 3.8) is 0 Å². The molecule has 0 spiro atoms. The minimum atomic E-state index is -4.57. The van der Waals surface area contributed by atoms with Crippen molar-refractivity contribution in [3.05, 3.63) is 53.4 Å². The van der Waals surface area contributed by atoms with Crippen molar-refractivity contribution in [2.75, 3.05) is 6.61 Å². The van der Waals surface area contributed by atoms with Crippen LogP contribution in [0.2, 0.25) is 0 Å². The predicted octanol–water partition coefficient (Wildman–Crippen LogP) is 3.68. The lowest BCUT2D eigenvalue weighted by molar-refractivity contribution is -0.137. The maximum atomic E-state index is 13.5. The highest BCUT2D eigenvalue weighted by atomic mass is 19.4. The highest BCUT2D eigenvalue weighted by Gasteiger charge is 2.33. The van der Waals surface area contributed by atoms with Crippen molar-refractivity contribution in [3.8, 4) is 0 Å². The van der Waals surface area contributed by atoms with E-state index in [1.807, 2.05) is 17.7 Å². The van der Waals surface area contributed by atoms with Gasteiger partial charge in [0.05, 0.1) is 5.56 Å². The number of nitrogens with one attached hydrogen (secondary N) is 1. The number of imidazole rings is 1. The highest BCUT2D eigenvalue weighted by molar-refractivity contribution is 5.27. The zero-order chi connectivity index (χ0) is 18.0. The van der Waals surface area contributed by atoms with Crippen LogP contribution in [0.5, 0.6) is 0 Å². The Morgan fingerprint density at radius 2 is 2.12 bits per heavy atom. The van der Waals surface area contributed by atoms with Gasteiger partial charge in [-0.15, -0.1) is 0 Å². The summed E-state index contributed by atoms with van der Waals surface area (Å²) in [4.78, 5) is 4.32. The number of nitrogens with zero attached hydrogens (tertiary/aromatic N) is 2. The maximum Gasteiger partial charge on any atom is 0.416 e. The molecule has 1 saturated heterocycles. The summed E-state index contributed by atoms with van der Waals surface area (Å²) in [5.74, 6) is -0.111. The molecule has 8 heteroatoms. The Hall–Kier alpha value is -1.93. The number of ether oxygens (including phenoxy) is 1. The largest absolute Gasteiger partial charge is 0.416 e. The van der Waals surface area contributed by atoms with Crippen molar-refractivity contribution < 1.29 is 22.3 Å². The highest BCUT2D eigenvalue weighted by Crippen LogP contribution is 2.31. The van der Waals surface area contributed by atoms with E-state index in [1.165, 1.54) is 0 Å². The van der Waals surface area contributed by atoms with E-state index in [0.717, 1.165) is 24.5 Å². The van der Waals surface area contributed by atoms with Crippen molar-refractivity contribution in [1.29, 1.82) is 0 Å². The summed E-state index contributed by atoms with van der Waals surface area (Å²) >= 11 is 0. The molecule has 1 aliphatic rings. The second-order valence-corrected chi connectivity index (χ2v) is 5.98. The number of rotatable bonds is 5. The standard InChI is InChI=1S/C17H19F4N3O/c1-2-24-5-4-22-16(24)15-14(3-6-25-15)23-10-11-7-12(17(19,20)21)9-13(18)8-11/h4-5,7-9,14-15,23H,2-3,6,10H2,1H3/t14-,15-/m0/s1. The van der Waals surface area contributed by atoms with Crippen LogP contribution in [-0.4, -0.2) is 22.2 Å². The van der Waals surface area contributed by atoms with Crippen LogP contribution in [-0.2, 0) is 24.0 Å². The topological polar surface area (TPSA) is 39.1 Å². The summed E-state index contributed by atoms with van der Waals surface area (Å²) in [7, 11) is 0. The fourth-order valence-corrected chi connectivity index (χ4v) is 3.06. The summed E-state index contributed by atoms with van der Waals surface area (Å²) < 4.78 is 59.6. The number of aromatic nitrogens is 2. The molecule has 1 aromatic carbocycles. The Kier molecular flexibility index (Phi) is 5.10. The zero-order valence-electron chi connectivity index (χ0n) is 13.7. The van der Waals surface area contributed by atoms with E-state index in [4.69, 9.17) is 4.74 Å². The minimum Gasteiger partial charge on any atom is -0.369 e. The second kappa shape index (κ2) is 7.13. The molecule has 2 atom stereocenters. The van der Waals surface area contributed by atoms with Crippen LogP contribution < -0.4 is 5.32 Å². The number of alkyl halides is 3. The third-order valence-electron chi connectivity index (χ3n) is 4.29. The van der Waals surface area contributed by atoms with E-state index in [-0.39, 0.29) is 24.3 Å². The average Bonchev–Trinajstić information content (AvgIpc) is 3.19. The minimum absolute atomic E-state index is 0.0923. The van der Waals surface area contributed by atoms with Crippen LogP contribution in [0.3, 0.4) is 0 Å². The van der Waals surface area contributed by atoms with Gasteiger partial charge in [-0.05, 0) is 37.1 Å². The summed E-state index contributed by atoms with van der Waals surface area (Å²) in [5, 5.41) is 3.18. The molecule has 0 unspecified atom stereocenters. The Morgan fingerprint density at radius 1 is 1.32 bits per heavy atom. The van der Waals surface area contributed by atoms with Crippen molar-refractivity contribution in [2.45, 2.75) is 44.8 Å². The molecule has 4 nitrogen and oxygen atoms in total. The second-order valence-electron chi connectivity index (χ2n) is 5.98. The van der Waals surface area contributed by atoms with Gasteiger partial charge in [-0.2, -0.15) is 13.2 Å². The van der Waals surface area contributed by atoms with Gasteiger partial charge < -0.3 is 14.6 Å². The van der Waals surface area contributed by atoms with Crippen molar-refractivity contribution >= 4 is 0 Å². The fraction of sp³-hybridized carbons (Fsp3) is 0.471. The molecule has 3 rings (SSSR count). The first-order valence-corrected chi connectivity index (χ1v) is 8.11. The molecule has 0 radical (unpaired) electrons. The predicted molar refractivity (Wildman–Crippen MR) is 83.2 cm³/mol. The van der Waals surface area contributed by atoms with Gasteiger partial charge in [0.25, 0.3) is 0 Å². The SMILES string of the molecule is CCn1ccnc1[C@H]1OCC[C@@H]1NCc1cc(F)cc(C(F)(F)F)c1. The van der Waals surface area contributed by atoms with Gasteiger partial charge in [-0.25, -0.2) is 9.37 Å². The number of halogens is 4. The molecular weight excluding hydrogens is 338 g/mol. The van der Waals surface area contributed by atoms with E-state index < -0.39 is 17.6 Å².